The van der Waals surface area contributed by atoms with E-state index in [1.54, 1.807) is 0 Å². The van der Waals surface area contributed by atoms with Gasteiger partial charge in [-0.1, -0.05) is 84.9 Å². The average molecular weight is 621 g/mol. The van der Waals surface area contributed by atoms with E-state index in [0.717, 1.165) is 56.1 Å². The minimum Gasteiger partial charge on any atom is -0.310 e. The largest absolute Gasteiger partial charge is 0.310 e. The summed E-state index contributed by atoms with van der Waals surface area (Å²) in [7, 11) is 0. The van der Waals surface area contributed by atoms with Crippen LogP contribution in [0.4, 0.5) is 34.3 Å². The third kappa shape index (κ3) is 4.68. The maximum absolute atomic E-state index is 5.36. The first-order valence-corrected chi connectivity index (χ1v) is 16.5. The Labute approximate surface area is 276 Å². The fourth-order valence-corrected chi connectivity index (χ4v) is 7.86. The Balaban J connectivity index is 1.27. The van der Waals surface area contributed by atoms with Gasteiger partial charge in [-0.3, -0.25) is 9.88 Å². The van der Waals surface area contributed by atoms with Crippen molar-refractivity contribution >= 4 is 87.6 Å². The second-order valence-electron chi connectivity index (χ2n) is 11.5. The lowest BCUT2D eigenvalue weighted by molar-refractivity contribution is 1.21. The highest BCUT2D eigenvalue weighted by atomic mass is 32.1. The van der Waals surface area contributed by atoms with Crippen LogP contribution in [0, 0.1) is 0 Å². The number of fused-ring (bicyclic) bond motifs is 8. The monoisotopic (exact) mass is 620 g/mol. The molecule has 5 heteroatoms. The first-order valence-electron chi connectivity index (χ1n) is 15.7. The number of hydrogen-bond acceptors (Lipinski definition) is 5. The molecule has 9 aromatic rings. The Morgan fingerprint density at radius 3 is 1.57 bits per heavy atom. The van der Waals surface area contributed by atoms with Gasteiger partial charge in [-0.05, 0) is 78.9 Å². The molecule has 9 rings (SSSR count). The molecule has 0 bridgehead atoms. The molecule has 47 heavy (non-hydrogen) atoms. The number of hydrogen-bond donors (Lipinski definition) is 0. The van der Waals surface area contributed by atoms with Crippen LogP contribution in [0.5, 0.6) is 0 Å². The van der Waals surface area contributed by atoms with Crippen molar-refractivity contribution in [3.05, 3.63) is 170 Å². The Morgan fingerprint density at radius 2 is 0.979 bits per heavy atom. The van der Waals surface area contributed by atoms with Crippen LogP contribution < -0.4 is 9.80 Å². The molecule has 4 nitrogen and oxygen atoms in total. The molecule has 222 valence electrons. The summed E-state index contributed by atoms with van der Waals surface area (Å²) in [6.07, 6.45) is 1.87. The molecule has 0 unspecified atom stereocenters. The molecule has 0 aliphatic heterocycles. The number of benzene rings is 6. The molecule has 0 fully saturated rings. The Morgan fingerprint density at radius 1 is 0.426 bits per heavy atom. The molecule has 0 aliphatic carbocycles. The predicted octanol–water partition coefficient (Wildman–Crippen LogP) is 12.1. The molecule has 0 spiro atoms. The van der Waals surface area contributed by atoms with Crippen molar-refractivity contribution < 1.29 is 0 Å². The summed E-state index contributed by atoms with van der Waals surface area (Å²) < 4.78 is 2.45. The fourth-order valence-electron chi connectivity index (χ4n) is 6.58. The van der Waals surface area contributed by atoms with E-state index in [-0.39, 0.29) is 0 Å². The second-order valence-corrected chi connectivity index (χ2v) is 12.5. The highest BCUT2D eigenvalue weighted by Gasteiger charge is 2.20. The predicted molar refractivity (Wildman–Crippen MR) is 199 cm³/mol. The summed E-state index contributed by atoms with van der Waals surface area (Å²) in [5.74, 6) is 0.853. The summed E-state index contributed by atoms with van der Waals surface area (Å²) in [6, 6.07) is 57.4. The van der Waals surface area contributed by atoms with Crippen LogP contribution in [0.15, 0.2) is 170 Å². The number of para-hydroxylation sites is 4. The normalized spacial score (nSPS) is 11.4. The summed E-state index contributed by atoms with van der Waals surface area (Å²) in [5, 5.41) is 4.69. The lowest BCUT2D eigenvalue weighted by atomic mass is 10.0. The Bertz CT molecular complexity index is 2440. The van der Waals surface area contributed by atoms with Crippen molar-refractivity contribution in [2.45, 2.75) is 0 Å². The van der Waals surface area contributed by atoms with E-state index in [1.165, 1.54) is 20.2 Å². The van der Waals surface area contributed by atoms with Gasteiger partial charge in [0.1, 0.15) is 11.3 Å². The second kappa shape index (κ2) is 11.4. The van der Waals surface area contributed by atoms with Gasteiger partial charge in [0.25, 0.3) is 0 Å². The van der Waals surface area contributed by atoms with E-state index in [9.17, 15) is 0 Å². The van der Waals surface area contributed by atoms with Crippen LogP contribution in [0.3, 0.4) is 0 Å². The number of thiophene rings is 1. The minimum absolute atomic E-state index is 0.853. The molecule has 0 radical (unpaired) electrons. The van der Waals surface area contributed by atoms with Gasteiger partial charge in [0.15, 0.2) is 0 Å². The van der Waals surface area contributed by atoms with Crippen LogP contribution >= 0.6 is 11.3 Å². The third-order valence-electron chi connectivity index (χ3n) is 8.65. The Hall–Kier alpha value is -6.04. The Kier molecular flexibility index (Phi) is 6.61. The van der Waals surface area contributed by atoms with Crippen molar-refractivity contribution in [3.8, 4) is 0 Å². The van der Waals surface area contributed by atoms with Crippen molar-refractivity contribution in [2.24, 2.45) is 0 Å². The van der Waals surface area contributed by atoms with Crippen LogP contribution in [0.2, 0.25) is 0 Å². The van der Waals surface area contributed by atoms with Gasteiger partial charge in [-0.15, -0.1) is 11.3 Å². The van der Waals surface area contributed by atoms with Gasteiger partial charge in [0, 0.05) is 65.6 Å². The molecule has 3 aromatic heterocycles. The highest BCUT2D eigenvalue weighted by molar-refractivity contribution is 7.27. The molecule has 0 N–H and O–H groups in total. The number of anilines is 6. The van der Waals surface area contributed by atoms with Crippen molar-refractivity contribution in [1.82, 2.24) is 9.97 Å². The van der Waals surface area contributed by atoms with Crippen LogP contribution in [0.1, 0.15) is 0 Å². The first kappa shape index (κ1) is 27.3. The van der Waals surface area contributed by atoms with Gasteiger partial charge in [-0.2, -0.15) is 0 Å². The molecule has 3 heterocycles. The molecule has 0 atom stereocenters. The van der Waals surface area contributed by atoms with E-state index in [4.69, 9.17) is 9.97 Å². The number of rotatable bonds is 6. The van der Waals surface area contributed by atoms with Crippen molar-refractivity contribution in [3.63, 3.8) is 0 Å². The molecule has 0 saturated carbocycles. The standard InChI is InChI=1S/C42H28N4S/c1-5-14-29(15-6-1)45(30-16-7-2-8-17-30)33-23-24-34-37(28-33)47-42-36-25-26-38(44-41(36)40-35(39(34)42)22-13-27-43-40)46(31-18-9-3-10-19-31)32-20-11-4-12-21-32/h1-28H. The topological polar surface area (TPSA) is 32.3 Å². The highest BCUT2D eigenvalue weighted by Crippen LogP contribution is 2.46. The molecule has 0 aliphatic rings. The van der Waals surface area contributed by atoms with Gasteiger partial charge >= 0.3 is 0 Å². The van der Waals surface area contributed by atoms with Gasteiger partial charge in [-0.25, -0.2) is 4.98 Å². The third-order valence-corrected chi connectivity index (χ3v) is 9.83. The zero-order valence-corrected chi connectivity index (χ0v) is 26.2. The van der Waals surface area contributed by atoms with Crippen LogP contribution in [-0.4, -0.2) is 9.97 Å². The summed E-state index contributed by atoms with van der Waals surface area (Å²) in [5.41, 5.74) is 7.30. The smallest absolute Gasteiger partial charge is 0.138 e. The average Bonchev–Trinajstić information content (AvgIpc) is 3.53. The summed E-state index contributed by atoms with van der Waals surface area (Å²) in [6.45, 7) is 0. The first-order chi connectivity index (χ1) is 23.3. The van der Waals surface area contributed by atoms with Gasteiger partial charge < -0.3 is 4.90 Å². The lowest BCUT2D eigenvalue weighted by Gasteiger charge is -2.25. The summed E-state index contributed by atoms with van der Waals surface area (Å²) in [4.78, 5) is 14.8. The lowest BCUT2D eigenvalue weighted by Crippen LogP contribution is -2.11. The van der Waals surface area contributed by atoms with Gasteiger partial charge in [0.05, 0.1) is 5.52 Å². The van der Waals surface area contributed by atoms with Crippen molar-refractivity contribution in [2.75, 3.05) is 9.80 Å². The van der Waals surface area contributed by atoms with E-state index in [0.29, 0.717) is 0 Å². The molecular formula is C42H28N4S. The van der Waals surface area contributed by atoms with Crippen LogP contribution in [0.25, 0.3) is 42.0 Å². The van der Waals surface area contributed by atoms with E-state index in [2.05, 4.69) is 155 Å². The van der Waals surface area contributed by atoms with E-state index >= 15 is 0 Å². The van der Waals surface area contributed by atoms with Crippen LogP contribution in [-0.2, 0) is 0 Å². The molecule has 0 saturated heterocycles. The maximum Gasteiger partial charge on any atom is 0.138 e. The number of pyridine rings is 2. The maximum atomic E-state index is 5.36. The van der Waals surface area contributed by atoms with Gasteiger partial charge in [0.2, 0.25) is 0 Å². The van der Waals surface area contributed by atoms with E-state index in [1.807, 2.05) is 35.7 Å². The summed E-state index contributed by atoms with van der Waals surface area (Å²) >= 11 is 1.83. The molecular weight excluding hydrogens is 593 g/mol. The quantitative estimate of drug-likeness (QED) is 0.173. The zero-order chi connectivity index (χ0) is 31.2. The zero-order valence-electron chi connectivity index (χ0n) is 25.4. The minimum atomic E-state index is 0.853. The number of aromatic nitrogens is 2. The number of nitrogens with zero attached hydrogens (tertiary/aromatic N) is 4. The van der Waals surface area contributed by atoms with E-state index < -0.39 is 0 Å². The SMILES string of the molecule is c1ccc(N(c2ccccc2)c2ccc3c(c2)sc2c4ccc(N(c5ccccc5)c5ccccc5)nc4c4ncccc4c32)cc1. The molecule has 0 amide bonds. The molecule has 6 aromatic carbocycles. The fraction of sp³-hybridized carbons (Fsp3) is 0. The van der Waals surface area contributed by atoms with Crippen molar-refractivity contribution in [1.29, 1.82) is 0 Å².